The van der Waals surface area contributed by atoms with Crippen molar-refractivity contribution in [3.05, 3.63) is 119 Å². The van der Waals surface area contributed by atoms with Crippen LogP contribution in [0.5, 0.6) is 0 Å². The van der Waals surface area contributed by atoms with Crippen molar-refractivity contribution in [1.82, 2.24) is 14.5 Å². The number of carbonyl (C=O) groups excluding carboxylic acids is 5. The molecule has 3 aromatic carbocycles. The SMILES string of the molecule is C=C(C)C(C(=O)OCc1ccccc1)N1C(=O)C(NC(=O)Cc2ccccc2)C1SN1C(=O)c2ccccc2C1=O. The Balaban J connectivity index is 1.39. The number of nitrogens with one attached hydrogen (secondary N) is 1. The molecule has 1 saturated heterocycles. The summed E-state index contributed by atoms with van der Waals surface area (Å²) in [6, 6.07) is 22.2. The number of nitrogens with zero attached hydrogens (tertiary/aromatic N) is 2. The molecule has 2 aliphatic heterocycles. The molecule has 3 atom stereocenters. The van der Waals surface area contributed by atoms with Crippen molar-refractivity contribution in [3.63, 3.8) is 0 Å². The fraction of sp³-hybridized carbons (Fsp3) is 0.194. The molecule has 1 N–H and O–H groups in total. The van der Waals surface area contributed by atoms with E-state index in [1.165, 1.54) is 4.90 Å². The molecule has 0 saturated carbocycles. The van der Waals surface area contributed by atoms with Crippen LogP contribution in [0.2, 0.25) is 0 Å². The van der Waals surface area contributed by atoms with E-state index in [2.05, 4.69) is 11.9 Å². The highest BCUT2D eigenvalue weighted by atomic mass is 32.2. The van der Waals surface area contributed by atoms with E-state index in [-0.39, 0.29) is 24.2 Å². The molecule has 10 heteroatoms. The van der Waals surface area contributed by atoms with Crippen LogP contribution in [0.15, 0.2) is 97.1 Å². The Morgan fingerprint density at radius 3 is 1.98 bits per heavy atom. The van der Waals surface area contributed by atoms with Crippen molar-refractivity contribution in [2.45, 2.75) is 37.4 Å². The van der Waals surface area contributed by atoms with Gasteiger partial charge < -0.3 is 15.0 Å². The molecule has 41 heavy (non-hydrogen) atoms. The Morgan fingerprint density at radius 2 is 1.41 bits per heavy atom. The fourth-order valence-electron chi connectivity index (χ4n) is 4.74. The predicted molar refractivity (Wildman–Crippen MR) is 152 cm³/mol. The molecule has 0 bridgehead atoms. The van der Waals surface area contributed by atoms with E-state index in [0.29, 0.717) is 5.57 Å². The van der Waals surface area contributed by atoms with E-state index in [0.717, 1.165) is 27.4 Å². The van der Waals surface area contributed by atoms with E-state index < -0.39 is 47.1 Å². The summed E-state index contributed by atoms with van der Waals surface area (Å²) in [4.78, 5) is 67.1. The summed E-state index contributed by atoms with van der Waals surface area (Å²) in [6.45, 7) is 5.48. The van der Waals surface area contributed by atoms with E-state index in [1.54, 1.807) is 67.6 Å². The van der Waals surface area contributed by atoms with E-state index in [4.69, 9.17) is 4.74 Å². The van der Waals surface area contributed by atoms with Crippen LogP contribution in [0.4, 0.5) is 0 Å². The van der Waals surface area contributed by atoms with Crippen molar-refractivity contribution >= 4 is 41.5 Å². The first-order valence-electron chi connectivity index (χ1n) is 12.9. The van der Waals surface area contributed by atoms with Crippen molar-refractivity contribution in [2.75, 3.05) is 0 Å². The summed E-state index contributed by atoms with van der Waals surface area (Å²) in [6.07, 6.45) is 0.0258. The molecule has 0 aliphatic carbocycles. The summed E-state index contributed by atoms with van der Waals surface area (Å²) in [5.41, 5.74) is 2.33. The smallest absolute Gasteiger partial charge is 0.333 e. The van der Waals surface area contributed by atoms with Crippen LogP contribution < -0.4 is 5.32 Å². The lowest BCUT2D eigenvalue weighted by atomic mass is 9.99. The molecule has 4 amide bonds. The third kappa shape index (κ3) is 5.64. The van der Waals surface area contributed by atoms with Gasteiger partial charge in [-0.15, -0.1) is 0 Å². The Bertz CT molecular complexity index is 1490. The number of hydrogen-bond acceptors (Lipinski definition) is 7. The van der Waals surface area contributed by atoms with Crippen molar-refractivity contribution in [2.24, 2.45) is 0 Å². The van der Waals surface area contributed by atoms with Crippen LogP contribution in [-0.4, -0.2) is 56.3 Å². The minimum Gasteiger partial charge on any atom is -0.459 e. The molecule has 2 aliphatic rings. The molecule has 1 fully saturated rings. The molecule has 0 aromatic heterocycles. The fourth-order valence-corrected chi connectivity index (χ4v) is 5.98. The van der Waals surface area contributed by atoms with Gasteiger partial charge >= 0.3 is 5.97 Å². The van der Waals surface area contributed by atoms with Gasteiger partial charge in [-0.05, 0) is 47.7 Å². The number of β-lactam (4-membered cyclic amide) rings is 1. The highest BCUT2D eigenvalue weighted by Gasteiger charge is 2.56. The highest BCUT2D eigenvalue weighted by molar-refractivity contribution is 7.98. The first kappa shape index (κ1) is 27.9. The maximum absolute atomic E-state index is 13.5. The third-order valence-electron chi connectivity index (χ3n) is 6.77. The molecular formula is C31H27N3O6S. The van der Waals surface area contributed by atoms with E-state index in [9.17, 15) is 24.0 Å². The third-order valence-corrected chi connectivity index (χ3v) is 8.02. The monoisotopic (exact) mass is 569 g/mol. The minimum absolute atomic E-state index is 0.0149. The van der Waals surface area contributed by atoms with Gasteiger partial charge in [-0.1, -0.05) is 79.4 Å². The predicted octanol–water partition coefficient (Wildman–Crippen LogP) is 3.51. The van der Waals surface area contributed by atoms with Crippen LogP contribution >= 0.6 is 11.9 Å². The largest absolute Gasteiger partial charge is 0.459 e. The van der Waals surface area contributed by atoms with E-state index >= 15 is 0 Å². The number of amides is 4. The first-order chi connectivity index (χ1) is 19.8. The number of rotatable bonds is 10. The van der Waals surface area contributed by atoms with Crippen LogP contribution in [0.25, 0.3) is 0 Å². The zero-order valence-electron chi connectivity index (χ0n) is 22.2. The van der Waals surface area contributed by atoms with Gasteiger partial charge in [0.25, 0.3) is 11.8 Å². The number of esters is 1. The Hall–Kier alpha value is -4.70. The average molecular weight is 570 g/mol. The van der Waals surface area contributed by atoms with Crippen LogP contribution in [0.3, 0.4) is 0 Å². The van der Waals surface area contributed by atoms with Gasteiger partial charge in [0.2, 0.25) is 11.8 Å². The molecular weight excluding hydrogens is 542 g/mol. The number of imide groups is 1. The topological polar surface area (TPSA) is 113 Å². The molecule has 9 nitrogen and oxygen atoms in total. The highest BCUT2D eigenvalue weighted by Crippen LogP contribution is 2.39. The summed E-state index contributed by atoms with van der Waals surface area (Å²) >= 11 is 0.788. The maximum atomic E-state index is 13.5. The summed E-state index contributed by atoms with van der Waals surface area (Å²) < 4.78 is 6.49. The van der Waals surface area contributed by atoms with Gasteiger partial charge in [0.05, 0.1) is 17.5 Å². The van der Waals surface area contributed by atoms with Gasteiger partial charge in [-0.2, -0.15) is 0 Å². The van der Waals surface area contributed by atoms with Crippen LogP contribution in [0, 0.1) is 0 Å². The molecule has 208 valence electrons. The molecule has 0 radical (unpaired) electrons. The maximum Gasteiger partial charge on any atom is 0.333 e. The van der Waals surface area contributed by atoms with Crippen molar-refractivity contribution in [1.29, 1.82) is 0 Å². The second-order valence-electron chi connectivity index (χ2n) is 9.74. The molecule has 5 rings (SSSR count). The second kappa shape index (κ2) is 11.8. The van der Waals surface area contributed by atoms with Gasteiger partial charge in [-0.3, -0.25) is 19.2 Å². The lowest BCUT2D eigenvalue weighted by Crippen LogP contribution is -2.73. The van der Waals surface area contributed by atoms with Gasteiger partial charge in [0.15, 0.2) is 6.04 Å². The van der Waals surface area contributed by atoms with Gasteiger partial charge in [-0.25, -0.2) is 9.10 Å². The normalized spacial score (nSPS) is 18.4. The summed E-state index contributed by atoms with van der Waals surface area (Å²) in [5, 5.41) is 1.77. The summed E-state index contributed by atoms with van der Waals surface area (Å²) in [7, 11) is 0. The minimum atomic E-state index is -1.19. The Kier molecular flexibility index (Phi) is 8.02. The number of hydrogen-bond donors (Lipinski definition) is 1. The number of carbonyl (C=O) groups is 5. The van der Waals surface area contributed by atoms with Crippen molar-refractivity contribution < 1.29 is 28.7 Å². The summed E-state index contributed by atoms with van der Waals surface area (Å²) in [5.74, 6) is -2.76. The number of benzene rings is 3. The molecule has 3 aromatic rings. The molecule has 0 spiro atoms. The Morgan fingerprint density at radius 1 is 0.878 bits per heavy atom. The van der Waals surface area contributed by atoms with Crippen LogP contribution in [0.1, 0.15) is 38.8 Å². The second-order valence-corrected chi connectivity index (χ2v) is 10.8. The molecule has 2 heterocycles. The Labute approximate surface area is 241 Å². The molecule has 3 unspecified atom stereocenters. The quantitative estimate of drug-likeness (QED) is 0.131. The first-order valence-corrected chi connectivity index (χ1v) is 13.8. The van der Waals surface area contributed by atoms with Gasteiger partial charge in [0.1, 0.15) is 18.0 Å². The zero-order valence-corrected chi connectivity index (χ0v) is 23.0. The van der Waals surface area contributed by atoms with E-state index in [1.807, 2.05) is 24.3 Å². The van der Waals surface area contributed by atoms with Gasteiger partial charge in [0, 0.05) is 0 Å². The lowest BCUT2D eigenvalue weighted by molar-refractivity contribution is -0.163. The number of fused-ring (bicyclic) bond motifs is 1. The standard InChI is InChI=1S/C31H27N3O6S/c1-19(2)26(31(39)40-18-21-13-7-4-8-14-21)33-29(38)25(32-24(35)17-20-11-5-3-6-12-20)30(33)41-34-27(36)22-15-9-10-16-23(22)28(34)37/h3-16,25-26,30H,1,17-18H2,2H3,(H,32,35). The number of ether oxygens (including phenoxy) is 1. The lowest BCUT2D eigenvalue weighted by Gasteiger charge is -2.49. The number of likely N-dealkylation sites (tertiary alicyclic amines) is 1. The average Bonchev–Trinajstić information content (AvgIpc) is 3.22. The zero-order chi connectivity index (χ0) is 29.1. The van der Waals surface area contributed by atoms with Crippen LogP contribution in [-0.2, 0) is 32.1 Å². The van der Waals surface area contributed by atoms with Crippen molar-refractivity contribution in [3.8, 4) is 0 Å².